The summed E-state index contributed by atoms with van der Waals surface area (Å²) in [6, 6.07) is 0. The van der Waals surface area contributed by atoms with Crippen LogP contribution in [0.3, 0.4) is 0 Å². The first kappa shape index (κ1) is 17.9. The number of esters is 1. The third-order valence-corrected chi connectivity index (χ3v) is 3.69. The predicted octanol–water partition coefficient (Wildman–Crippen LogP) is 1.88. The standard InChI is InChI=1S/C16H26O5/c1-2-3-4-5-14-13(6-7-15(14)18)12-16(19)21-11-10-20-9-8-17/h3-4,13-14,17H,2,5-12H2,1H3/b4-3+. The molecule has 0 saturated heterocycles. The number of hydrogen-bond donors (Lipinski definition) is 1. The van der Waals surface area contributed by atoms with E-state index >= 15 is 0 Å². The van der Waals surface area contributed by atoms with Crippen LogP contribution in [0, 0.1) is 11.8 Å². The second-order valence-electron chi connectivity index (χ2n) is 5.25. The molecule has 1 N–H and O–H groups in total. The average molecular weight is 298 g/mol. The summed E-state index contributed by atoms with van der Waals surface area (Å²) in [6.07, 6.45) is 7.43. The van der Waals surface area contributed by atoms with Crippen LogP contribution in [-0.2, 0) is 19.1 Å². The summed E-state index contributed by atoms with van der Waals surface area (Å²) < 4.78 is 10.1. The maximum Gasteiger partial charge on any atom is 0.306 e. The van der Waals surface area contributed by atoms with Gasteiger partial charge in [0, 0.05) is 18.8 Å². The van der Waals surface area contributed by atoms with Gasteiger partial charge >= 0.3 is 5.97 Å². The van der Waals surface area contributed by atoms with Gasteiger partial charge in [-0.15, -0.1) is 0 Å². The van der Waals surface area contributed by atoms with Crippen molar-refractivity contribution in [3.63, 3.8) is 0 Å². The molecule has 2 atom stereocenters. The fraction of sp³-hybridized carbons (Fsp3) is 0.750. The van der Waals surface area contributed by atoms with Crippen LogP contribution in [0.15, 0.2) is 12.2 Å². The zero-order valence-electron chi connectivity index (χ0n) is 12.8. The van der Waals surface area contributed by atoms with E-state index in [4.69, 9.17) is 14.6 Å². The van der Waals surface area contributed by atoms with Crippen LogP contribution in [-0.4, -0.2) is 43.3 Å². The molecule has 0 spiro atoms. The van der Waals surface area contributed by atoms with Gasteiger partial charge in [0.25, 0.3) is 0 Å². The van der Waals surface area contributed by atoms with E-state index < -0.39 is 0 Å². The average Bonchev–Trinajstić information content (AvgIpc) is 2.80. The number of Topliss-reactive ketones (excluding diaryl/α,β-unsaturated/α-hetero) is 1. The third kappa shape index (κ3) is 6.87. The molecule has 0 bridgehead atoms. The van der Waals surface area contributed by atoms with Crippen LogP contribution in [0.25, 0.3) is 0 Å². The van der Waals surface area contributed by atoms with Crippen molar-refractivity contribution in [2.75, 3.05) is 26.4 Å². The molecule has 5 heteroatoms. The highest BCUT2D eigenvalue weighted by Crippen LogP contribution is 2.34. The van der Waals surface area contributed by atoms with Gasteiger partial charge in [-0.25, -0.2) is 0 Å². The highest BCUT2D eigenvalue weighted by molar-refractivity contribution is 5.84. The molecule has 0 aromatic rings. The Balaban J connectivity index is 2.29. The summed E-state index contributed by atoms with van der Waals surface area (Å²) in [5.74, 6) is 0.0578. The van der Waals surface area contributed by atoms with Crippen molar-refractivity contribution in [2.45, 2.75) is 39.0 Å². The number of ketones is 1. The van der Waals surface area contributed by atoms with E-state index in [9.17, 15) is 9.59 Å². The number of allylic oxidation sites excluding steroid dienone is 2. The summed E-state index contributed by atoms with van der Waals surface area (Å²) in [5, 5.41) is 8.54. The highest BCUT2D eigenvalue weighted by atomic mass is 16.6. The van der Waals surface area contributed by atoms with Gasteiger partial charge in [0.05, 0.1) is 19.8 Å². The number of carbonyl (C=O) groups excluding carboxylic acids is 2. The summed E-state index contributed by atoms with van der Waals surface area (Å²) in [4.78, 5) is 23.6. The van der Waals surface area contributed by atoms with Crippen LogP contribution in [0.2, 0.25) is 0 Å². The Morgan fingerprint density at radius 1 is 1.33 bits per heavy atom. The molecule has 0 aromatic carbocycles. The fourth-order valence-electron chi connectivity index (χ4n) is 2.61. The maximum absolute atomic E-state index is 11.9. The topological polar surface area (TPSA) is 72.8 Å². The van der Waals surface area contributed by atoms with Gasteiger partial charge < -0.3 is 14.6 Å². The van der Waals surface area contributed by atoms with Gasteiger partial charge in [-0.1, -0.05) is 19.1 Å². The molecule has 21 heavy (non-hydrogen) atoms. The van der Waals surface area contributed by atoms with E-state index in [0.717, 1.165) is 19.3 Å². The van der Waals surface area contributed by atoms with Crippen LogP contribution >= 0.6 is 0 Å². The van der Waals surface area contributed by atoms with Gasteiger partial charge in [0.1, 0.15) is 12.4 Å². The Hall–Kier alpha value is -1.20. The van der Waals surface area contributed by atoms with Crippen molar-refractivity contribution in [2.24, 2.45) is 11.8 Å². The molecule has 0 aliphatic heterocycles. The molecule has 0 amide bonds. The summed E-state index contributed by atoms with van der Waals surface area (Å²) in [5.41, 5.74) is 0. The molecule has 0 radical (unpaired) electrons. The largest absolute Gasteiger partial charge is 0.463 e. The molecule has 1 saturated carbocycles. The van der Waals surface area contributed by atoms with E-state index in [-0.39, 0.29) is 43.4 Å². The Morgan fingerprint density at radius 2 is 2.14 bits per heavy atom. The molecule has 0 aromatic heterocycles. The van der Waals surface area contributed by atoms with E-state index in [1.807, 2.05) is 6.08 Å². The van der Waals surface area contributed by atoms with Gasteiger partial charge in [0.15, 0.2) is 0 Å². The smallest absolute Gasteiger partial charge is 0.306 e. The molecule has 1 aliphatic rings. The molecule has 0 heterocycles. The quantitative estimate of drug-likeness (QED) is 0.379. The number of hydrogen-bond acceptors (Lipinski definition) is 5. The van der Waals surface area contributed by atoms with Crippen LogP contribution < -0.4 is 0 Å². The molecular formula is C16H26O5. The third-order valence-electron chi connectivity index (χ3n) is 3.69. The molecule has 2 unspecified atom stereocenters. The van der Waals surface area contributed by atoms with Crippen molar-refractivity contribution in [3.8, 4) is 0 Å². The van der Waals surface area contributed by atoms with Crippen LogP contribution in [0.4, 0.5) is 0 Å². The van der Waals surface area contributed by atoms with Gasteiger partial charge in [-0.2, -0.15) is 0 Å². The minimum atomic E-state index is -0.272. The summed E-state index contributed by atoms with van der Waals surface area (Å²) in [6.45, 7) is 2.75. The highest BCUT2D eigenvalue weighted by Gasteiger charge is 2.35. The van der Waals surface area contributed by atoms with Gasteiger partial charge in [-0.3, -0.25) is 9.59 Å². The number of aliphatic hydroxyl groups excluding tert-OH is 1. The molecule has 5 nitrogen and oxygen atoms in total. The second-order valence-corrected chi connectivity index (χ2v) is 5.25. The van der Waals surface area contributed by atoms with Crippen molar-refractivity contribution in [1.82, 2.24) is 0 Å². The second kappa shape index (κ2) is 10.5. The lowest BCUT2D eigenvalue weighted by molar-refractivity contribution is -0.146. The first-order valence-electron chi connectivity index (χ1n) is 7.71. The Bertz CT molecular complexity index is 351. The molecule has 1 fully saturated rings. The van der Waals surface area contributed by atoms with Crippen molar-refractivity contribution < 1.29 is 24.2 Å². The van der Waals surface area contributed by atoms with Crippen molar-refractivity contribution >= 4 is 11.8 Å². The van der Waals surface area contributed by atoms with E-state index in [0.29, 0.717) is 19.4 Å². The van der Waals surface area contributed by atoms with E-state index in [1.54, 1.807) is 0 Å². The summed E-state index contributed by atoms with van der Waals surface area (Å²) >= 11 is 0. The Labute approximate surface area is 126 Å². The van der Waals surface area contributed by atoms with Crippen LogP contribution in [0.1, 0.15) is 39.0 Å². The minimum Gasteiger partial charge on any atom is -0.463 e. The van der Waals surface area contributed by atoms with E-state index in [1.165, 1.54) is 0 Å². The monoisotopic (exact) mass is 298 g/mol. The Morgan fingerprint density at radius 3 is 2.86 bits per heavy atom. The molecule has 1 rings (SSSR count). The Kier molecular flexibility index (Phi) is 8.94. The van der Waals surface area contributed by atoms with E-state index in [2.05, 4.69) is 13.0 Å². The number of rotatable bonds is 10. The van der Waals surface area contributed by atoms with Gasteiger partial charge in [0.2, 0.25) is 0 Å². The fourth-order valence-corrected chi connectivity index (χ4v) is 2.61. The lowest BCUT2D eigenvalue weighted by Gasteiger charge is -2.16. The van der Waals surface area contributed by atoms with Gasteiger partial charge in [-0.05, 0) is 25.2 Å². The minimum absolute atomic E-state index is 0.0361. The van der Waals surface area contributed by atoms with Crippen molar-refractivity contribution in [1.29, 1.82) is 0 Å². The van der Waals surface area contributed by atoms with Crippen LogP contribution in [0.5, 0.6) is 0 Å². The lowest BCUT2D eigenvalue weighted by Crippen LogP contribution is -2.20. The summed E-state index contributed by atoms with van der Waals surface area (Å²) in [7, 11) is 0. The zero-order valence-corrected chi connectivity index (χ0v) is 12.8. The molecular weight excluding hydrogens is 272 g/mol. The SMILES string of the molecule is CC/C=C/CC1C(=O)CCC1CC(=O)OCCOCCO. The first-order chi connectivity index (χ1) is 10.2. The first-order valence-corrected chi connectivity index (χ1v) is 7.71. The molecule has 120 valence electrons. The number of ether oxygens (including phenoxy) is 2. The molecule has 1 aliphatic carbocycles. The normalized spacial score (nSPS) is 22.1. The lowest BCUT2D eigenvalue weighted by atomic mass is 9.89. The number of aliphatic hydroxyl groups is 1. The predicted molar refractivity (Wildman–Crippen MR) is 78.7 cm³/mol. The maximum atomic E-state index is 11.9. The van der Waals surface area contributed by atoms with Crippen molar-refractivity contribution in [3.05, 3.63) is 12.2 Å². The zero-order chi connectivity index (χ0) is 15.5. The number of carbonyl (C=O) groups is 2.